The maximum absolute atomic E-state index is 5.86. The number of hydrogen-bond donors (Lipinski definition) is 1. The quantitative estimate of drug-likeness (QED) is 0.898. The molecule has 0 spiro atoms. The predicted molar refractivity (Wildman–Crippen MR) is 84.1 cm³/mol. The number of piperidine rings is 1. The van der Waals surface area contributed by atoms with E-state index in [9.17, 15) is 0 Å². The Morgan fingerprint density at radius 3 is 2.90 bits per heavy atom. The molecule has 2 rings (SSSR count). The van der Waals surface area contributed by atoms with Crippen molar-refractivity contribution in [3.05, 3.63) is 29.8 Å². The van der Waals surface area contributed by atoms with Crippen molar-refractivity contribution in [2.45, 2.75) is 38.6 Å². The molecule has 1 unspecified atom stereocenters. The average molecular weight is 276 g/mol. The van der Waals surface area contributed by atoms with E-state index < -0.39 is 0 Å². The Bertz CT molecular complexity index is 431. The third kappa shape index (κ3) is 3.74. The van der Waals surface area contributed by atoms with Crippen LogP contribution >= 0.6 is 0 Å². The SMILES string of the molecule is COc1cccc(CC(C)(C)N2CCCC(CN)C2)c1. The lowest BCUT2D eigenvalue weighted by molar-refractivity contribution is 0.0688. The molecule has 1 aromatic carbocycles. The lowest BCUT2D eigenvalue weighted by Crippen LogP contribution is -2.51. The zero-order chi connectivity index (χ0) is 14.6. The smallest absolute Gasteiger partial charge is 0.119 e. The Kier molecular flexibility index (Phi) is 5.06. The molecule has 1 saturated heterocycles. The first-order valence-corrected chi connectivity index (χ1v) is 7.63. The van der Waals surface area contributed by atoms with E-state index in [4.69, 9.17) is 10.5 Å². The van der Waals surface area contributed by atoms with Crippen molar-refractivity contribution >= 4 is 0 Å². The van der Waals surface area contributed by atoms with E-state index in [-0.39, 0.29) is 5.54 Å². The summed E-state index contributed by atoms with van der Waals surface area (Å²) in [6, 6.07) is 8.41. The molecule has 20 heavy (non-hydrogen) atoms. The van der Waals surface area contributed by atoms with Crippen LogP contribution in [-0.2, 0) is 6.42 Å². The average Bonchev–Trinajstić information content (AvgIpc) is 2.47. The van der Waals surface area contributed by atoms with Crippen molar-refractivity contribution in [2.24, 2.45) is 11.7 Å². The lowest BCUT2D eigenvalue weighted by atomic mass is 9.88. The highest BCUT2D eigenvalue weighted by Crippen LogP contribution is 2.27. The second-order valence-corrected chi connectivity index (χ2v) is 6.53. The number of benzene rings is 1. The molecule has 1 heterocycles. The highest BCUT2D eigenvalue weighted by molar-refractivity contribution is 5.29. The van der Waals surface area contributed by atoms with Gasteiger partial charge in [0.15, 0.2) is 0 Å². The number of rotatable bonds is 5. The predicted octanol–water partition coefficient (Wildman–Crippen LogP) is 2.69. The van der Waals surface area contributed by atoms with E-state index in [0.717, 1.165) is 25.3 Å². The molecule has 1 fully saturated rings. The van der Waals surface area contributed by atoms with Crippen LogP contribution < -0.4 is 10.5 Å². The summed E-state index contributed by atoms with van der Waals surface area (Å²) in [6.07, 6.45) is 3.59. The number of nitrogens with zero attached hydrogens (tertiary/aromatic N) is 1. The van der Waals surface area contributed by atoms with Gasteiger partial charge in [0.1, 0.15) is 5.75 Å². The molecular formula is C17H28N2O. The zero-order valence-electron chi connectivity index (χ0n) is 13.1. The molecule has 0 amide bonds. The second-order valence-electron chi connectivity index (χ2n) is 6.53. The van der Waals surface area contributed by atoms with Crippen LogP contribution in [0.5, 0.6) is 5.75 Å². The molecular weight excluding hydrogens is 248 g/mol. The fourth-order valence-electron chi connectivity index (χ4n) is 3.20. The van der Waals surface area contributed by atoms with Gasteiger partial charge in [-0.2, -0.15) is 0 Å². The van der Waals surface area contributed by atoms with E-state index >= 15 is 0 Å². The van der Waals surface area contributed by atoms with Gasteiger partial charge in [0, 0.05) is 12.1 Å². The highest BCUT2D eigenvalue weighted by Gasteiger charge is 2.31. The van der Waals surface area contributed by atoms with Crippen molar-refractivity contribution in [1.29, 1.82) is 0 Å². The molecule has 0 saturated carbocycles. The summed E-state index contributed by atoms with van der Waals surface area (Å²) in [6.45, 7) is 7.81. The molecule has 0 aromatic heterocycles. The minimum atomic E-state index is 0.167. The Labute approximate surface area is 123 Å². The van der Waals surface area contributed by atoms with Crippen LogP contribution in [-0.4, -0.2) is 37.2 Å². The molecule has 0 radical (unpaired) electrons. The molecule has 0 bridgehead atoms. The van der Waals surface area contributed by atoms with Gasteiger partial charge in [-0.1, -0.05) is 12.1 Å². The molecule has 1 aliphatic heterocycles. The van der Waals surface area contributed by atoms with Crippen molar-refractivity contribution in [3.8, 4) is 5.75 Å². The van der Waals surface area contributed by atoms with Crippen LogP contribution in [0.4, 0.5) is 0 Å². The fourth-order valence-corrected chi connectivity index (χ4v) is 3.20. The third-order valence-corrected chi connectivity index (χ3v) is 4.48. The maximum atomic E-state index is 5.86. The van der Waals surface area contributed by atoms with E-state index in [0.29, 0.717) is 5.92 Å². The van der Waals surface area contributed by atoms with Crippen LogP contribution in [0.2, 0.25) is 0 Å². The highest BCUT2D eigenvalue weighted by atomic mass is 16.5. The molecule has 1 aliphatic rings. The summed E-state index contributed by atoms with van der Waals surface area (Å²) in [4.78, 5) is 2.60. The topological polar surface area (TPSA) is 38.5 Å². The summed E-state index contributed by atoms with van der Waals surface area (Å²) in [5.74, 6) is 1.60. The molecule has 3 heteroatoms. The molecule has 1 atom stereocenters. The van der Waals surface area contributed by atoms with E-state index in [1.807, 2.05) is 6.07 Å². The van der Waals surface area contributed by atoms with E-state index in [1.165, 1.54) is 24.9 Å². The Morgan fingerprint density at radius 1 is 1.40 bits per heavy atom. The van der Waals surface area contributed by atoms with Crippen LogP contribution in [0.1, 0.15) is 32.3 Å². The van der Waals surface area contributed by atoms with Gasteiger partial charge in [0.25, 0.3) is 0 Å². The fraction of sp³-hybridized carbons (Fsp3) is 0.647. The van der Waals surface area contributed by atoms with Gasteiger partial charge < -0.3 is 10.5 Å². The number of hydrogen-bond acceptors (Lipinski definition) is 3. The first-order chi connectivity index (χ1) is 9.55. The summed E-state index contributed by atoms with van der Waals surface area (Å²) < 4.78 is 5.32. The number of nitrogens with two attached hydrogens (primary N) is 1. The molecule has 3 nitrogen and oxygen atoms in total. The van der Waals surface area contributed by atoms with Crippen molar-refractivity contribution in [2.75, 3.05) is 26.7 Å². The number of ether oxygens (including phenoxy) is 1. The van der Waals surface area contributed by atoms with Gasteiger partial charge in [-0.15, -0.1) is 0 Å². The van der Waals surface area contributed by atoms with Gasteiger partial charge in [-0.05, 0) is 69.8 Å². The molecule has 0 aliphatic carbocycles. The largest absolute Gasteiger partial charge is 0.497 e. The summed E-state index contributed by atoms with van der Waals surface area (Å²) in [5.41, 5.74) is 7.36. The van der Waals surface area contributed by atoms with Crippen molar-refractivity contribution in [3.63, 3.8) is 0 Å². The number of likely N-dealkylation sites (tertiary alicyclic amines) is 1. The molecule has 1 aromatic rings. The van der Waals surface area contributed by atoms with Crippen LogP contribution in [0.25, 0.3) is 0 Å². The van der Waals surface area contributed by atoms with Gasteiger partial charge in [-0.25, -0.2) is 0 Å². The van der Waals surface area contributed by atoms with Crippen LogP contribution in [0.3, 0.4) is 0 Å². The van der Waals surface area contributed by atoms with Crippen LogP contribution in [0, 0.1) is 5.92 Å². The van der Waals surface area contributed by atoms with Gasteiger partial charge in [-0.3, -0.25) is 4.90 Å². The van der Waals surface area contributed by atoms with Gasteiger partial charge >= 0.3 is 0 Å². The Morgan fingerprint density at radius 2 is 2.20 bits per heavy atom. The van der Waals surface area contributed by atoms with Gasteiger partial charge in [0.2, 0.25) is 0 Å². The lowest BCUT2D eigenvalue weighted by Gasteiger charge is -2.43. The Balaban J connectivity index is 2.05. The molecule has 112 valence electrons. The first kappa shape index (κ1) is 15.3. The monoisotopic (exact) mass is 276 g/mol. The Hall–Kier alpha value is -1.06. The standard InChI is InChI=1S/C17H28N2O/c1-17(2,19-9-5-7-15(12-18)13-19)11-14-6-4-8-16(10-14)20-3/h4,6,8,10,15H,5,7,9,11-13,18H2,1-3H3. The molecule has 2 N–H and O–H groups in total. The zero-order valence-corrected chi connectivity index (χ0v) is 13.1. The van der Waals surface area contributed by atoms with E-state index in [1.54, 1.807) is 7.11 Å². The van der Waals surface area contributed by atoms with Crippen molar-refractivity contribution in [1.82, 2.24) is 4.90 Å². The van der Waals surface area contributed by atoms with Crippen LogP contribution in [0.15, 0.2) is 24.3 Å². The normalized spacial score (nSPS) is 20.9. The summed E-state index contributed by atoms with van der Waals surface area (Å²) in [5, 5.41) is 0. The minimum absolute atomic E-state index is 0.167. The second kappa shape index (κ2) is 6.59. The minimum Gasteiger partial charge on any atom is -0.497 e. The maximum Gasteiger partial charge on any atom is 0.119 e. The summed E-state index contributed by atoms with van der Waals surface area (Å²) in [7, 11) is 1.72. The third-order valence-electron chi connectivity index (χ3n) is 4.48. The van der Waals surface area contributed by atoms with E-state index in [2.05, 4.69) is 36.9 Å². The summed E-state index contributed by atoms with van der Waals surface area (Å²) >= 11 is 0. The van der Waals surface area contributed by atoms with Crippen molar-refractivity contribution < 1.29 is 4.74 Å². The number of methoxy groups -OCH3 is 1. The first-order valence-electron chi connectivity index (χ1n) is 7.63. The van der Waals surface area contributed by atoms with Gasteiger partial charge in [0.05, 0.1) is 7.11 Å².